The number of nitro groups is 1. The van der Waals surface area contributed by atoms with E-state index < -0.39 is 101 Å². The van der Waals surface area contributed by atoms with Crippen LogP contribution in [0.25, 0.3) is 21.5 Å². The van der Waals surface area contributed by atoms with Gasteiger partial charge in [-0.15, -0.1) is 10.2 Å². The molecule has 0 aliphatic heterocycles. The Labute approximate surface area is 353 Å². The summed E-state index contributed by atoms with van der Waals surface area (Å²) in [5, 5.41) is 64.2. The largest absolute Gasteiger partial charge is 1.00 e. The van der Waals surface area contributed by atoms with E-state index in [1.54, 1.807) is 18.2 Å². The van der Waals surface area contributed by atoms with Gasteiger partial charge in [-0.2, -0.15) is 35.5 Å². The average Bonchev–Trinajstić information content (AvgIpc) is 2.98. The van der Waals surface area contributed by atoms with E-state index >= 15 is 0 Å². The SMILES string of the molecule is O=[N+]([O-])c1cc(S(=O)(=O)O)cc(N=Nc2c(S(=O)(=O)O)cc3cc(S(=O)(=O)O)cc(N=Nc4c([O-])ccc5ccccc45)c3c2[O-])c1[O-].[Na+].[Na+].[Na+]. The van der Waals surface area contributed by atoms with Crippen LogP contribution in [0, 0.1) is 10.1 Å². The van der Waals surface area contributed by atoms with Gasteiger partial charge in [0.15, 0.2) is 0 Å². The van der Waals surface area contributed by atoms with E-state index in [1.165, 1.54) is 12.1 Å². The van der Waals surface area contributed by atoms with E-state index in [0.29, 0.717) is 35.0 Å². The molecule has 5 aromatic carbocycles. The maximum atomic E-state index is 13.7. The zero-order valence-electron chi connectivity index (χ0n) is 26.1. The van der Waals surface area contributed by atoms with Gasteiger partial charge < -0.3 is 15.3 Å². The van der Waals surface area contributed by atoms with Crippen LogP contribution in [0.15, 0.2) is 102 Å². The van der Waals surface area contributed by atoms with Crippen LogP contribution in [0.3, 0.4) is 0 Å². The molecule has 0 saturated heterocycles. The molecule has 0 fully saturated rings. The molecular formula is C26H14N5Na3O14S3. The van der Waals surface area contributed by atoms with Crippen molar-refractivity contribution in [3.8, 4) is 17.2 Å². The Hall–Kier alpha value is -2.65. The normalized spacial score (nSPS) is 12.1. The van der Waals surface area contributed by atoms with Crippen LogP contribution in [-0.4, -0.2) is 43.8 Å². The molecular weight excluding hydrogens is 771 g/mol. The van der Waals surface area contributed by atoms with E-state index in [-0.39, 0.29) is 100 Å². The molecule has 51 heavy (non-hydrogen) atoms. The molecule has 0 atom stereocenters. The number of benzene rings is 5. The fourth-order valence-electron chi connectivity index (χ4n) is 4.42. The standard InChI is InChI=1S/C26H17N5O14S3.3Na/c32-20-6-5-12-3-1-2-4-16(12)23(20)29-27-17-9-14(46(37,38)39)7-13-8-21(48(43,44)45)24(26(34)22(13)17)30-28-18-10-15(47(40,41)42)11-19(25(18)33)31(35)36;;;/h1-11,32-34H,(H,37,38,39)(H,40,41,42)(H,43,44,45);;;/q;3*+1/p-3. The number of nitrogens with zero attached hydrogens (tertiary/aromatic N) is 5. The number of hydrogen-bond donors (Lipinski definition) is 3. The second-order valence-electron chi connectivity index (χ2n) is 9.60. The smallest absolute Gasteiger partial charge is 0.871 e. The van der Waals surface area contributed by atoms with Crippen molar-refractivity contribution in [3.63, 3.8) is 0 Å². The summed E-state index contributed by atoms with van der Waals surface area (Å²) >= 11 is 0. The molecule has 5 aromatic rings. The molecule has 0 unspecified atom stereocenters. The van der Waals surface area contributed by atoms with Gasteiger partial charge in [0.2, 0.25) is 0 Å². The van der Waals surface area contributed by atoms with Crippen molar-refractivity contribution in [3.05, 3.63) is 76.8 Å². The summed E-state index contributed by atoms with van der Waals surface area (Å²) in [5.74, 6) is -3.70. The molecule has 19 nitrogen and oxygen atoms in total. The van der Waals surface area contributed by atoms with E-state index in [1.807, 2.05) is 0 Å². The first-order valence-corrected chi connectivity index (χ1v) is 16.9. The van der Waals surface area contributed by atoms with Crippen molar-refractivity contribution in [1.82, 2.24) is 0 Å². The summed E-state index contributed by atoms with van der Waals surface area (Å²) in [7, 11) is -15.7. The van der Waals surface area contributed by atoms with Gasteiger partial charge in [0, 0.05) is 22.6 Å². The molecule has 0 heterocycles. The Morgan fingerprint density at radius 1 is 0.588 bits per heavy atom. The van der Waals surface area contributed by atoms with Crippen molar-refractivity contribution in [2.24, 2.45) is 20.5 Å². The van der Waals surface area contributed by atoms with Gasteiger partial charge in [-0.05, 0) is 35.0 Å². The number of rotatable bonds is 8. The zero-order chi connectivity index (χ0) is 35.3. The molecule has 3 N–H and O–H groups in total. The van der Waals surface area contributed by atoms with Crippen molar-refractivity contribution < 1.29 is 148 Å². The first-order chi connectivity index (χ1) is 22.3. The maximum Gasteiger partial charge on any atom is 1.00 e. The third-order valence-corrected chi connectivity index (χ3v) is 9.09. The molecule has 0 radical (unpaired) electrons. The number of nitro benzene ring substituents is 1. The molecule has 0 aliphatic rings. The van der Waals surface area contributed by atoms with E-state index in [0.717, 1.165) is 6.07 Å². The predicted molar refractivity (Wildman–Crippen MR) is 157 cm³/mol. The van der Waals surface area contributed by atoms with Crippen LogP contribution < -0.4 is 104 Å². The van der Waals surface area contributed by atoms with Crippen LogP contribution >= 0.6 is 0 Å². The molecule has 25 heteroatoms. The quantitative estimate of drug-likeness (QED) is 0.0435. The molecule has 0 saturated carbocycles. The fourth-order valence-corrected chi connectivity index (χ4v) is 6.13. The predicted octanol–water partition coefficient (Wildman–Crippen LogP) is -5.30. The van der Waals surface area contributed by atoms with Gasteiger partial charge in [-0.25, -0.2) is 0 Å². The Bertz CT molecular complexity index is 2620. The zero-order valence-corrected chi connectivity index (χ0v) is 34.6. The van der Waals surface area contributed by atoms with E-state index in [4.69, 9.17) is 0 Å². The minimum Gasteiger partial charge on any atom is -0.871 e. The summed E-state index contributed by atoms with van der Waals surface area (Å²) in [6.07, 6.45) is 0. The van der Waals surface area contributed by atoms with Gasteiger partial charge in [-0.3, -0.25) is 23.8 Å². The fraction of sp³-hybridized carbons (Fsp3) is 0. The van der Waals surface area contributed by atoms with Crippen molar-refractivity contribution in [2.75, 3.05) is 0 Å². The summed E-state index contributed by atoms with van der Waals surface area (Å²) in [6.45, 7) is 0. The molecule has 0 aromatic heterocycles. The molecule has 0 amide bonds. The summed E-state index contributed by atoms with van der Waals surface area (Å²) in [6, 6.07) is 11.4. The third-order valence-electron chi connectivity index (χ3n) is 6.56. The van der Waals surface area contributed by atoms with Crippen molar-refractivity contribution in [1.29, 1.82) is 0 Å². The van der Waals surface area contributed by atoms with Crippen molar-refractivity contribution in [2.45, 2.75) is 14.7 Å². The Morgan fingerprint density at radius 3 is 1.73 bits per heavy atom. The van der Waals surface area contributed by atoms with Crippen LogP contribution in [0.1, 0.15) is 0 Å². The number of azo groups is 2. The van der Waals surface area contributed by atoms with E-state index in [2.05, 4.69) is 20.5 Å². The second kappa shape index (κ2) is 16.6. The van der Waals surface area contributed by atoms with Gasteiger partial charge in [0.25, 0.3) is 36.0 Å². The molecule has 5 rings (SSSR count). The van der Waals surface area contributed by atoms with Crippen LogP contribution in [0.2, 0.25) is 0 Å². The van der Waals surface area contributed by atoms with Gasteiger partial charge in [-0.1, -0.05) is 47.9 Å². The first-order valence-electron chi connectivity index (χ1n) is 12.5. The summed E-state index contributed by atoms with van der Waals surface area (Å²) < 4.78 is 101. The minimum absolute atomic E-state index is 0. The van der Waals surface area contributed by atoms with Crippen LogP contribution in [0.4, 0.5) is 28.4 Å². The second-order valence-corrected chi connectivity index (χ2v) is 13.8. The Balaban J connectivity index is 0.00000300. The topological polar surface area (TPSA) is 325 Å². The summed E-state index contributed by atoms with van der Waals surface area (Å²) in [5.41, 5.74) is -4.79. The van der Waals surface area contributed by atoms with Crippen LogP contribution in [0.5, 0.6) is 17.2 Å². The van der Waals surface area contributed by atoms with Gasteiger partial charge in [0.05, 0.1) is 32.6 Å². The Kier molecular flexibility index (Phi) is 14.5. The average molecular weight is 786 g/mol. The molecule has 0 bridgehead atoms. The number of fused-ring (bicyclic) bond motifs is 2. The van der Waals surface area contributed by atoms with E-state index in [9.17, 15) is 64.3 Å². The monoisotopic (exact) mass is 785 g/mol. The van der Waals surface area contributed by atoms with Crippen LogP contribution in [-0.2, 0) is 30.4 Å². The number of hydrogen-bond acceptors (Lipinski definition) is 15. The third kappa shape index (κ3) is 9.48. The molecule has 0 spiro atoms. The molecule has 248 valence electrons. The van der Waals surface area contributed by atoms with Gasteiger partial charge in [0.1, 0.15) is 9.79 Å². The maximum absolute atomic E-state index is 13.7. The summed E-state index contributed by atoms with van der Waals surface area (Å²) in [4.78, 5) is 6.52. The Morgan fingerprint density at radius 2 is 1.14 bits per heavy atom. The minimum atomic E-state index is -5.44. The molecule has 0 aliphatic carbocycles. The van der Waals surface area contributed by atoms with Gasteiger partial charge >= 0.3 is 88.7 Å². The van der Waals surface area contributed by atoms with Crippen molar-refractivity contribution >= 4 is 80.3 Å². The first kappa shape index (κ1) is 44.5.